The summed E-state index contributed by atoms with van der Waals surface area (Å²) in [4.78, 5) is 38.2. The van der Waals surface area contributed by atoms with Crippen LogP contribution in [-0.4, -0.2) is 21.8 Å². The third-order valence-corrected chi connectivity index (χ3v) is 4.12. The molecule has 0 saturated heterocycles. The van der Waals surface area contributed by atoms with E-state index in [1.54, 1.807) is 6.07 Å². The lowest BCUT2D eigenvalue weighted by Gasteiger charge is -2.17. The summed E-state index contributed by atoms with van der Waals surface area (Å²) in [6, 6.07) is 9.15. The zero-order valence-electron chi connectivity index (χ0n) is 14.2. The van der Waals surface area contributed by atoms with Gasteiger partial charge in [0.2, 0.25) is 0 Å². The number of Topliss-reactive ketones (excluding diaryl/α,β-unsaturated/α-hetero) is 1. The molecule has 126 valence electrons. The van der Waals surface area contributed by atoms with Gasteiger partial charge in [0.1, 0.15) is 0 Å². The maximum absolute atomic E-state index is 12.4. The first kappa shape index (κ1) is 17.7. The minimum atomic E-state index is -1.04. The van der Waals surface area contributed by atoms with E-state index in [1.807, 2.05) is 38.1 Å². The van der Waals surface area contributed by atoms with Gasteiger partial charge in [0, 0.05) is 11.3 Å². The summed E-state index contributed by atoms with van der Waals surface area (Å²) in [5.41, 5.74) is 2.05. The third kappa shape index (κ3) is 3.30. The van der Waals surface area contributed by atoms with E-state index in [0.717, 1.165) is 11.1 Å². The number of nitrogens with one attached hydrogen (secondary N) is 1. The lowest BCUT2D eigenvalue weighted by Crippen LogP contribution is -2.22. The van der Waals surface area contributed by atoms with E-state index < -0.39 is 17.4 Å². The Labute approximate surface area is 140 Å². The topological polar surface area (TPSA) is 87.2 Å². The van der Waals surface area contributed by atoms with Gasteiger partial charge in [-0.15, -0.1) is 0 Å². The fourth-order valence-electron chi connectivity index (χ4n) is 2.75. The molecule has 2 rings (SSSR count). The Morgan fingerprint density at radius 1 is 1.08 bits per heavy atom. The monoisotopic (exact) mass is 327 g/mol. The highest BCUT2D eigenvalue weighted by molar-refractivity contribution is 6.01. The quantitative estimate of drug-likeness (QED) is 0.822. The molecule has 0 aliphatic carbocycles. The molecule has 5 nitrogen and oxygen atoms in total. The third-order valence-electron chi connectivity index (χ3n) is 4.12. The van der Waals surface area contributed by atoms with Gasteiger partial charge in [0.05, 0.1) is 11.5 Å². The number of pyridine rings is 1. The summed E-state index contributed by atoms with van der Waals surface area (Å²) in [5.74, 6) is -2.06. The molecule has 1 unspecified atom stereocenters. The number of H-pyrrole nitrogens is 1. The van der Waals surface area contributed by atoms with Crippen LogP contribution in [0, 0.1) is 0 Å². The Balaban J connectivity index is 2.83. The van der Waals surface area contributed by atoms with E-state index in [4.69, 9.17) is 0 Å². The Hall–Kier alpha value is -2.69. The van der Waals surface area contributed by atoms with E-state index in [2.05, 4.69) is 4.98 Å². The van der Waals surface area contributed by atoms with Crippen LogP contribution in [0.25, 0.3) is 11.1 Å². The maximum atomic E-state index is 12.4. The van der Waals surface area contributed by atoms with E-state index >= 15 is 0 Å². The molecule has 1 aromatic heterocycles. The van der Waals surface area contributed by atoms with Crippen molar-refractivity contribution in [3.05, 3.63) is 57.5 Å². The van der Waals surface area contributed by atoms with Gasteiger partial charge in [0.15, 0.2) is 5.78 Å². The molecular weight excluding hydrogens is 306 g/mol. The summed E-state index contributed by atoms with van der Waals surface area (Å²) in [6.45, 7) is 6.89. The summed E-state index contributed by atoms with van der Waals surface area (Å²) >= 11 is 0. The fourth-order valence-corrected chi connectivity index (χ4v) is 2.75. The number of aromatic amines is 1. The van der Waals surface area contributed by atoms with Crippen molar-refractivity contribution in [2.24, 2.45) is 0 Å². The molecule has 2 N–H and O–H groups in total. The van der Waals surface area contributed by atoms with Crippen LogP contribution in [-0.2, 0) is 4.79 Å². The smallest absolute Gasteiger partial charge is 0.312 e. The zero-order chi connectivity index (χ0) is 18.0. The van der Waals surface area contributed by atoms with E-state index in [-0.39, 0.29) is 23.0 Å². The van der Waals surface area contributed by atoms with Gasteiger partial charge in [-0.2, -0.15) is 0 Å². The number of carbonyl (C=O) groups excluding carboxylic acids is 1. The molecule has 0 amide bonds. The molecule has 2 aromatic rings. The molecule has 1 atom stereocenters. The number of benzene rings is 1. The molecule has 0 aliphatic heterocycles. The molecule has 24 heavy (non-hydrogen) atoms. The predicted molar refractivity (Wildman–Crippen MR) is 92.6 cm³/mol. The molecule has 1 aromatic carbocycles. The van der Waals surface area contributed by atoms with Gasteiger partial charge in [-0.1, -0.05) is 38.1 Å². The number of hydrogen-bond donors (Lipinski definition) is 2. The number of carboxylic acids is 1. The number of aromatic nitrogens is 1. The summed E-state index contributed by atoms with van der Waals surface area (Å²) in [6.07, 6.45) is 0. The SMILES string of the molecule is CC(=O)c1c(-c2ccccc2C(C)C)cc(C(C)C(=O)O)[nH]c1=O. The molecule has 5 heteroatoms. The van der Waals surface area contributed by atoms with Crippen molar-refractivity contribution in [1.29, 1.82) is 0 Å². The predicted octanol–water partition coefficient (Wildman–Crippen LogP) is 3.56. The molecule has 1 heterocycles. The van der Waals surface area contributed by atoms with Crippen LogP contribution in [0.3, 0.4) is 0 Å². The zero-order valence-corrected chi connectivity index (χ0v) is 14.2. The van der Waals surface area contributed by atoms with Gasteiger partial charge in [-0.3, -0.25) is 14.4 Å². The lowest BCUT2D eigenvalue weighted by atomic mass is 9.89. The van der Waals surface area contributed by atoms with Crippen molar-refractivity contribution in [3.63, 3.8) is 0 Å². The number of hydrogen-bond acceptors (Lipinski definition) is 3. The number of aliphatic carboxylic acids is 1. The standard InChI is InChI=1S/C19H21NO4/c1-10(2)13-7-5-6-8-14(13)15-9-16(11(3)19(23)24)20-18(22)17(15)12(4)21/h5-11H,1-4H3,(H,20,22)(H,23,24). The Morgan fingerprint density at radius 2 is 1.71 bits per heavy atom. The molecule has 0 saturated carbocycles. The molecule has 0 bridgehead atoms. The molecule has 0 radical (unpaired) electrons. The largest absolute Gasteiger partial charge is 0.481 e. The average Bonchev–Trinajstić information content (AvgIpc) is 2.52. The van der Waals surface area contributed by atoms with E-state index in [1.165, 1.54) is 13.8 Å². The lowest BCUT2D eigenvalue weighted by molar-refractivity contribution is -0.138. The van der Waals surface area contributed by atoms with Crippen molar-refractivity contribution in [2.45, 2.75) is 39.5 Å². The second-order valence-electron chi connectivity index (χ2n) is 6.20. The Kier molecular flexibility index (Phi) is 5.02. The number of rotatable bonds is 5. The Bertz CT molecular complexity index is 849. The van der Waals surface area contributed by atoms with Gasteiger partial charge in [-0.05, 0) is 37.0 Å². The summed E-state index contributed by atoms with van der Waals surface area (Å²) in [5, 5.41) is 9.22. The van der Waals surface area contributed by atoms with Gasteiger partial charge < -0.3 is 10.1 Å². The first-order chi connectivity index (χ1) is 11.2. The van der Waals surface area contributed by atoms with E-state index in [0.29, 0.717) is 5.56 Å². The second-order valence-corrected chi connectivity index (χ2v) is 6.20. The first-order valence-electron chi connectivity index (χ1n) is 7.84. The van der Waals surface area contributed by atoms with Gasteiger partial charge in [-0.25, -0.2) is 0 Å². The maximum Gasteiger partial charge on any atom is 0.312 e. The first-order valence-corrected chi connectivity index (χ1v) is 7.84. The van der Waals surface area contributed by atoms with Crippen LogP contribution in [0.4, 0.5) is 0 Å². The van der Waals surface area contributed by atoms with Crippen molar-refractivity contribution >= 4 is 11.8 Å². The molecular formula is C19H21NO4. The Morgan fingerprint density at radius 3 is 2.25 bits per heavy atom. The van der Waals surface area contributed by atoms with Crippen LogP contribution in [0.1, 0.15) is 61.1 Å². The van der Waals surface area contributed by atoms with Crippen molar-refractivity contribution < 1.29 is 14.7 Å². The van der Waals surface area contributed by atoms with Crippen molar-refractivity contribution in [1.82, 2.24) is 4.98 Å². The van der Waals surface area contributed by atoms with Crippen LogP contribution >= 0.6 is 0 Å². The summed E-state index contributed by atoms with van der Waals surface area (Å²) < 4.78 is 0. The average molecular weight is 327 g/mol. The molecule has 0 spiro atoms. The minimum Gasteiger partial charge on any atom is -0.481 e. The second kappa shape index (κ2) is 6.83. The summed E-state index contributed by atoms with van der Waals surface area (Å²) in [7, 11) is 0. The normalized spacial score (nSPS) is 12.2. The highest BCUT2D eigenvalue weighted by atomic mass is 16.4. The molecule has 0 aliphatic rings. The highest BCUT2D eigenvalue weighted by Crippen LogP contribution is 2.32. The van der Waals surface area contributed by atoms with Crippen LogP contribution in [0.5, 0.6) is 0 Å². The van der Waals surface area contributed by atoms with Crippen molar-refractivity contribution in [3.8, 4) is 11.1 Å². The molecule has 0 fully saturated rings. The van der Waals surface area contributed by atoms with Crippen LogP contribution < -0.4 is 5.56 Å². The number of ketones is 1. The van der Waals surface area contributed by atoms with Crippen molar-refractivity contribution in [2.75, 3.05) is 0 Å². The fraction of sp³-hybridized carbons (Fsp3) is 0.316. The van der Waals surface area contributed by atoms with E-state index in [9.17, 15) is 19.5 Å². The number of carbonyl (C=O) groups is 2. The van der Waals surface area contributed by atoms with Crippen LogP contribution in [0.2, 0.25) is 0 Å². The van der Waals surface area contributed by atoms with Crippen LogP contribution in [0.15, 0.2) is 35.1 Å². The van der Waals surface area contributed by atoms with Gasteiger partial charge >= 0.3 is 5.97 Å². The van der Waals surface area contributed by atoms with Gasteiger partial charge in [0.25, 0.3) is 5.56 Å². The minimum absolute atomic E-state index is 0.0597. The number of carboxylic acid groups (broad SMARTS) is 1. The highest BCUT2D eigenvalue weighted by Gasteiger charge is 2.22.